The minimum Gasteiger partial charge on any atom is -0.352 e. The Kier molecular flexibility index (Phi) is 6.31. The van der Waals surface area contributed by atoms with Crippen molar-refractivity contribution in [3.63, 3.8) is 0 Å². The van der Waals surface area contributed by atoms with Crippen LogP contribution in [0.4, 0.5) is 10.5 Å². The summed E-state index contributed by atoms with van der Waals surface area (Å²) in [4.78, 5) is 25.1. The Labute approximate surface area is 184 Å². The number of aromatic nitrogens is 3. The molecule has 31 heavy (non-hydrogen) atoms. The van der Waals surface area contributed by atoms with E-state index in [4.69, 9.17) is 5.73 Å². The first kappa shape index (κ1) is 21.0. The second kappa shape index (κ2) is 9.30. The summed E-state index contributed by atoms with van der Waals surface area (Å²) in [6, 6.07) is 8.56. The van der Waals surface area contributed by atoms with Crippen molar-refractivity contribution in [2.75, 3.05) is 5.32 Å². The molecule has 162 valence electrons. The normalized spacial score (nSPS) is 14.4. The van der Waals surface area contributed by atoms with Crippen LogP contribution in [0.3, 0.4) is 0 Å². The van der Waals surface area contributed by atoms with Crippen LogP contribution in [0.2, 0.25) is 0 Å². The molecule has 1 aromatic carbocycles. The number of thiophene rings is 1. The highest BCUT2D eigenvalue weighted by Crippen LogP contribution is 2.28. The molecule has 0 radical (unpaired) electrons. The molecule has 3 aromatic rings. The molecule has 0 fully saturated rings. The molecular formula is C22H26N6O2S. The van der Waals surface area contributed by atoms with Crippen molar-refractivity contribution in [2.24, 2.45) is 5.73 Å². The fourth-order valence-corrected chi connectivity index (χ4v) is 4.64. The van der Waals surface area contributed by atoms with Gasteiger partial charge in [-0.05, 0) is 42.8 Å². The second-order valence-corrected chi connectivity index (χ2v) is 8.74. The van der Waals surface area contributed by atoms with Crippen LogP contribution in [0.1, 0.15) is 48.0 Å². The summed E-state index contributed by atoms with van der Waals surface area (Å²) in [5, 5.41) is 16.3. The number of urea groups is 1. The number of amides is 3. The number of nitrogens with zero attached hydrogens (tertiary/aromatic N) is 3. The van der Waals surface area contributed by atoms with Crippen molar-refractivity contribution in [3.05, 3.63) is 52.0 Å². The number of anilines is 1. The standard InChI is InChI=1S/C22H26N6O2S/c1-14-8-9-15(21-27-26-19-7-3-2-4-10-28(19)21)12-16(14)24-20(29)13-17(25-22(23)30)18-6-5-11-31-18/h5-6,8-9,11-12,17H,2-4,7,10,13H2,1H3,(H,24,29)(H3,23,25,30). The Hall–Kier alpha value is -3.20. The molecule has 1 aliphatic rings. The van der Waals surface area contributed by atoms with Crippen LogP contribution in [0, 0.1) is 6.92 Å². The Balaban J connectivity index is 1.53. The van der Waals surface area contributed by atoms with E-state index in [2.05, 4.69) is 25.4 Å². The van der Waals surface area contributed by atoms with Crippen molar-refractivity contribution in [1.82, 2.24) is 20.1 Å². The molecule has 3 heterocycles. The van der Waals surface area contributed by atoms with Crippen molar-refractivity contribution < 1.29 is 9.59 Å². The number of primary amides is 1. The van der Waals surface area contributed by atoms with Gasteiger partial charge in [0, 0.05) is 29.1 Å². The lowest BCUT2D eigenvalue weighted by atomic mass is 10.1. The molecule has 8 nitrogen and oxygen atoms in total. The molecule has 0 bridgehead atoms. The monoisotopic (exact) mass is 438 g/mol. The molecule has 4 N–H and O–H groups in total. The first-order chi connectivity index (χ1) is 15.0. The minimum atomic E-state index is -0.656. The highest BCUT2D eigenvalue weighted by molar-refractivity contribution is 7.10. The number of fused-ring (bicyclic) bond motifs is 1. The average Bonchev–Trinajstić information content (AvgIpc) is 3.34. The number of carbonyl (C=O) groups is 2. The van der Waals surface area contributed by atoms with E-state index in [0.29, 0.717) is 0 Å². The summed E-state index contributed by atoms with van der Waals surface area (Å²) in [5.74, 6) is 1.65. The Morgan fingerprint density at radius 1 is 1.23 bits per heavy atom. The van der Waals surface area contributed by atoms with Gasteiger partial charge in [0.1, 0.15) is 5.82 Å². The van der Waals surface area contributed by atoms with Gasteiger partial charge in [-0.25, -0.2) is 4.79 Å². The zero-order chi connectivity index (χ0) is 21.8. The number of hydrogen-bond donors (Lipinski definition) is 3. The van der Waals surface area contributed by atoms with Crippen LogP contribution in [-0.2, 0) is 17.8 Å². The van der Waals surface area contributed by atoms with Crippen LogP contribution in [0.15, 0.2) is 35.7 Å². The maximum Gasteiger partial charge on any atom is 0.312 e. The zero-order valence-corrected chi connectivity index (χ0v) is 18.2. The zero-order valence-electron chi connectivity index (χ0n) is 17.4. The maximum absolute atomic E-state index is 12.8. The first-order valence-electron chi connectivity index (χ1n) is 10.4. The number of aryl methyl sites for hydroxylation is 2. The molecule has 0 spiro atoms. The summed E-state index contributed by atoms with van der Waals surface area (Å²) in [7, 11) is 0. The molecule has 0 saturated carbocycles. The van der Waals surface area contributed by atoms with E-state index in [1.807, 2.05) is 42.6 Å². The summed E-state index contributed by atoms with van der Waals surface area (Å²) in [6.45, 7) is 2.86. The number of nitrogens with two attached hydrogens (primary N) is 1. The van der Waals surface area contributed by atoms with Gasteiger partial charge >= 0.3 is 6.03 Å². The van der Waals surface area contributed by atoms with Gasteiger partial charge < -0.3 is 20.9 Å². The van der Waals surface area contributed by atoms with Crippen molar-refractivity contribution in [3.8, 4) is 11.4 Å². The lowest BCUT2D eigenvalue weighted by Crippen LogP contribution is -2.34. The van der Waals surface area contributed by atoms with Gasteiger partial charge in [-0.3, -0.25) is 4.79 Å². The summed E-state index contributed by atoms with van der Waals surface area (Å²) >= 11 is 1.47. The molecule has 1 aliphatic heterocycles. The molecule has 9 heteroatoms. The number of rotatable bonds is 6. The van der Waals surface area contributed by atoms with Crippen molar-refractivity contribution >= 4 is 29.0 Å². The van der Waals surface area contributed by atoms with Crippen LogP contribution < -0.4 is 16.4 Å². The molecule has 1 unspecified atom stereocenters. The second-order valence-electron chi connectivity index (χ2n) is 7.76. The van der Waals surface area contributed by atoms with E-state index < -0.39 is 12.1 Å². The van der Waals surface area contributed by atoms with E-state index in [0.717, 1.165) is 59.1 Å². The molecular weight excluding hydrogens is 412 g/mol. The third kappa shape index (κ3) is 4.93. The van der Waals surface area contributed by atoms with E-state index in [9.17, 15) is 9.59 Å². The van der Waals surface area contributed by atoms with Gasteiger partial charge in [-0.1, -0.05) is 24.6 Å². The highest BCUT2D eigenvalue weighted by atomic mass is 32.1. The SMILES string of the molecule is Cc1ccc(-c2nnc3n2CCCCC3)cc1NC(=O)CC(NC(N)=O)c1cccs1. The largest absolute Gasteiger partial charge is 0.352 e. The van der Waals surface area contributed by atoms with Gasteiger partial charge in [-0.2, -0.15) is 0 Å². The quantitative estimate of drug-likeness (QED) is 0.543. The Bertz CT molecular complexity index is 1080. The molecule has 4 rings (SSSR count). The molecule has 2 aromatic heterocycles. The topological polar surface area (TPSA) is 115 Å². The van der Waals surface area contributed by atoms with Crippen molar-refractivity contribution in [2.45, 2.75) is 51.6 Å². The summed E-state index contributed by atoms with van der Waals surface area (Å²) in [5.41, 5.74) is 7.89. The van der Waals surface area contributed by atoms with Crippen LogP contribution in [0.5, 0.6) is 0 Å². The smallest absolute Gasteiger partial charge is 0.312 e. The van der Waals surface area contributed by atoms with E-state index in [-0.39, 0.29) is 12.3 Å². The van der Waals surface area contributed by atoms with E-state index >= 15 is 0 Å². The highest BCUT2D eigenvalue weighted by Gasteiger charge is 2.20. The number of nitrogens with one attached hydrogen (secondary N) is 2. The lowest BCUT2D eigenvalue weighted by Gasteiger charge is -2.17. The van der Waals surface area contributed by atoms with Crippen LogP contribution >= 0.6 is 11.3 Å². The van der Waals surface area contributed by atoms with Crippen LogP contribution in [-0.4, -0.2) is 26.7 Å². The Morgan fingerprint density at radius 3 is 2.87 bits per heavy atom. The minimum absolute atomic E-state index is 0.0907. The summed E-state index contributed by atoms with van der Waals surface area (Å²) < 4.78 is 2.19. The molecule has 0 saturated heterocycles. The summed E-state index contributed by atoms with van der Waals surface area (Å²) in [6.07, 6.45) is 4.48. The fraction of sp³-hybridized carbons (Fsp3) is 0.364. The first-order valence-corrected chi connectivity index (χ1v) is 11.3. The van der Waals surface area contributed by atoms with Gasteiger partial charge in [0.05, 0.1) is 12.5 Å². The van der Waals surface area contributed by atoms with E-state index in [1.54, 1.807) is 0 Å². The molecule has 1 atom stereocenters. The lowest BCUT2D eigenvalue weighted by molar-refractivity contribution is -0.116. The maximum atomic E-state index is 12.8. The Morgan fingerprint density at radius 2 is 2.10 bits per heavy atom. The van der Waals surface area contributed by atoms with Crippen LogP contribution in [0.25, 0.3) is 11.4 Å². The van der Waals surface area contributed by atoms with Gasteiger partial charge in [0.15, 0.2) is 5.82 Å². The molecule has 3 amide bonds. The van der Waals surface area contributed by atoms with Gasteiger partial charge in [0.2, 0.25) is 5.91 Å². The van der Waals surface area contributed by atoms with Gasteiger partial charge in [-0.15, -0.1) is 21.5 Å². The number of benzene rings is 1. The number of hydrogen-bond acceptors (Lipinski definition) is 5. The van der Waals surface area contributed by atoms with E-state index in [1.165, 1.54) is 17.8 Å². The number of carbonyl (C=O) groups excluding carboxylic acids is 2. The molecule has 0 aliphatic carbocycles. The van der Waals surface area contributed by atoms with Crippen molar-refractivity contribution in [1.29, 1.82) is 0 Å². The van der Waals surface area contributed by atoms with Gasteiger partial charge in [0.25, 0.3) is 0 Å². The predicted molar refractivity (Wildman–Crippen MR) is 121 cm³/mol. The third-order valence-corrected chi connectivity index (χ3v) is 6.46. The predicted octanol–water partition coefficient (Wildman–Crippen LogP) is 3.78. The third-order valence-electron chi connectivity index (χ3n) is 5.47. The fourth-order valence-electron chi connectivity index (χ4n) is 3.86. The average molecular weight is 439 g/mol.